The Bertz CT molecular complexity index is 567. The maximum absolute atomic E-state index is 13.0. The Kier molecular flexibility index (Phi) is 13.8. The lowest BCUT2D eigenvalue weighted by Crippen LogP contribution is -2.20. The van der Waals surface area contributed by atoms with Crippen LogP contribution in [0.2, 0.25) is 0 Å². The first-order chi connectivity index (χ1) is 15.6. The number of hydrogen-bond donors (Lipinski definition) is 0. The zero-order valence-electron chi connectivity index (χ0n) is 20.4. The van der Waals surface area contributed by atoms with Crippen LogP contribution < -0.4 is 4.89 Å². The van der Waals surface area contributed by atoms with Gasteiger partial charge in [0.05, 0.1) is 18.1 Å². The second-order valence-electron chi connectivity index (χ2n) is 9.15. The Morgan fingerprint density at radius 3 is 2.00 bits per heavy atom. The van der Waals surface area contributed by atoms with Crippen LogP contribution in [0, 0.1) is 5.92 Å². The van der Waals surface area contributed by atoms with Crippen molar-refractivity contribution in [1.29, 1.82) is 0 Å². The normalized spacial score (nSPS) is 23.1. The minimum atomic E-state index is -3.68. The van der Waals surface area contributed by atoms with E-state index in [2.05, 4.69) is 13.8 Å². The maximum atomic E-state index is 13.0. The van der Waals surface area contributed by atoms with Crippen molar-refractivity contribution in [3.8, 4) is 0 Å². The van der Waals surface area contributed by atoms with Crippen LogP contribution in [0.1, 0.15) is 117 Å². The van der Waals surface area contributed by atoms with E-state index in [1.165, 1.54) is 70.6 Å². The van der Waals surface area contributed by atoms with Gasteiger partial charge >= 0.3 is 14.1 Å². The number of hydrogen-bond acceptors (Lipinski definition) is 6. The van der Waals surface area contributed by atoms with Gasteiger partial charge in [-0.05, 0) is 12.8 Å². The highest BCUT2D eigenvalue weighted by molar-refractivity contribution is 7.54. The van der Waals surface area contributed by atoms with Crippen LogP contribution in [0.15, 0.2) is 11.3 Å². The molecular weight excluding hydrogens is 427 g/mol. The number of rotatable bonds is 18. The van der Waals surface area contributed by atoms with Crippen molar-refractivity contribution in [2.45, 2.75) is 117 Å². The van der Waals surface area contributed by atoms with Gasteiger partial charge in [-0.1, -0.05) is 97.3 Å². The van der Waals surface area contributed by atoms with E-state index in [9.17, 15) is 9.69 Å². The fourth-order valence-corrected chi connectivity index (χ4v) is 5.60. The van der Waals surface area contributed by atoms with Gasteiger partial charge in [-0.2, -0.15) is 9.05 Å². The fraction of sp³-hybridized carbons (Fsp3) is 0.880. The molecule has 2 aliphatic heterocycles. The van der Waals surface area contributed by atoms with E-state index in [4.69, 9.17) is 18.3 Å². The van der Waals surface area contributed by atoms with Crippen molar-refractivity contribution in [1.82, 2.24) is 0 Å². The highest BCUT2D eigenvalue weighted by Crippen LogP contribution is 2.59. The van der Waals surface area contributed by atoms with E-state index in [1.54, 1.807) is 0 Å². The molecule has 186 valence electrons. The summed E-state index contributed by atoms with van der Waals surface area (Å²) >= 11 is 0. The second kappa shape index (κ2) is 16.0. The van der Waals surface area contributed by atoms with Gasteiger partial charge in [-0.15, -0.1) is 0 Å². The predicted octanol–water partition coefficient (Wildman–Crippen LogP) is 6.80. The molecular formula is C25H45O6P. The number of phosphoric acid groups is 1. The van der Waals surface area contributed by atoms with Gasteiger partial charge in [0.25, 0.3) is 0 Å². The molecule has 2 rings (SSSR count). The minimum Gasteiger partial charge on any atom is -0.598 e. The molecule has 1 fully saturated rings. The number of unbranched alkanes of at least 4 members (excludes halogenated alkanes) is 13. The number of phosphoric ester groups is 1. The number of carbonyl (C=O) groups excluding carboxylic acids is 1. The lowest BCUT2D eigenvalue weighted by atomic mass is 10.00. The summed E-state index contributed by atoms with van der Waals surface area (Å²) in [5.41, 5.74) is 0.487. The van der Waals surface area contributed by atoms with Gasteiger partial charge in [0.15, 0.2) is 5.76 Å². The monoisotopic (exact) mass is 472 g/mol. The molecule has 0 amide bonds. The third kappa shape index (κ3) is 10.1. The van der Waals surface area contributed by atoms with Crippen LogP contribution in [-0.2, 0) is 23.1 Å². The van der Waals surface area contributed by atoms with Crippen LogP contribution >= 0.6 is 8.17 Å². The van der Waals surface area contributed by atoms with Gasteiger partial charge < -0.3 is 9.63 Å². The van der Waals surface area contributed by atoms with Crippen LogP contribution in [0.5, 0.6) is 0 Å². The summed E-state index contributed by atoms with van der Waals surface area (Å²) < 4.78 is 21.9. The van der Waals surface area contributed by atoms with E-state index < -0.39 is 8.17 Å². The Balaban J connectivity index is 1.57. The van der Waals surface area contributed by atoms with Gasteiger partial charge in [0.2, 0.25) is 0 Å². The zero-order valence-corrected chi connectivity index (χ0v) is 21.3. The van der Waals surface area contributed by atoms with Crippen molar-refractivity contribution in [3.63, 3.8) is 0 Å². The summed E-state index contributed by atoms with van der Waals surface area (Å²) in [4.78, 5) is 25.1. The molecule has 0 spiro atoms. The molecule has 2 aliphatic rings. The molecule has 6 nitrogen and oxygen atoms in total. The van der Waals surface area contributed by atoms with E-state index in [-0.39, 0.29) is 25.1 Å². The minimum absolute atomic E-state index is 0.132. The topological polar surface area (TPSA) is 77.0 Å². The standard InChI is InChI=1S/C25H45O6P/c1-3-5-7-8-9-10-11-12-13-14-15-16-17-19-29-32(27)30-21-22-20-28-25(26)24(22)23(31-32)18-6-4-2/h22H,3-21H2,1-2H3/t22-,32?/m0/s1. The number of esters is 1. The van der Waals surface area contributed by atoms with Gasteiger partial charge in [0, 0.05) is 6.42 Å². The molecule has 1 unspecified atom stereocenters. The lowest BCUT2D eigenvalue weighted by Gasteiger charge is -2.24. The fourth-order valence-electron chi connectivity index (χ4n) is 4.25. The van der Waals surface area contributed by atoms with Crippen molar-refractivity contribution in [2.75, 3.05) is 19.8 Å². The molecule has 1 saturated heterocycles. The molecule has 0 saturated carbocycles. The Hall–Kier alpha value is -0.680. The van der Waals surface area contributed by atoms with Crippen LogP contribution in [0.3, 0.4) is 0 Å². The molecule has 0 radical (unpaired) electrons. The van der Waals surface area contributed by atoms with Crippen LogP contribution in [0.25, 0.3) is 0 Å². The molecule has 0 aromatic rings. The lowest BCUT2D eigenvalue weighted by molar-refractivity contribution is -0.245. The van der Waals surface area contributed by atoms with Crippen molar-refractivity contribution in [3.05, 3.63) is 11.3 Å². The van der Waals surface area contributed by atoms with E-state index in [1.807, 2.05) is 0 Å². The Morgan fingerprint density at radius 2 is 1.41 bits per heavy atom. The quantitative estimate of drug-likeness (QED) is 0.124. The molecule has 0 aromatic heterocycles. The van der Waals surface area contributed by atoms with Gasteiger partial charge in [-0.3, -0.25) is 4.52 Å². The number of cyclic esters (lactones) is 1. The zero-order chi connectivity index (χ0) is 23.1. The molecule has 0 aliphatic carbocycles. The number of fused-ring (bicyclic) bond motifs is 1. The van der Waals surface area contributed by atoms with Crippen LogP contribution in [-0.4, -0.2) is 25.8 Å². The summed E-state index contributed by atoms with van der Waals surface area (Å²) in [5.74, 6) is -0.162. The number of allylic oxidation sites excluding steroid dienone is 1. The summed E-state index contributed by atoms with van der Waals surface area (Å²) in [6.45, 7) is 5.06. The first kappa shape index (κ1) is 27.6. The van der Waals surface area contributed by atoms with Crippen molar-refractivity contribution < 1.29 is 28.0 Å². The third-order valence-electron chi connectivity index (χ3n) is 6.25. The summed E-state index contributed by atoms with van der Waals surface area (Å²) in [7, 11) is -3.68. The number of carbonyl (C=O) groups is 1. The SMILES string of the molecule is CCCCCCCCCCCCCCCO[P+]1([O-])OC[C@@H]2COC(=O)C2=C(CCCC)O1. The summed E-state index contributed by atoms with van der Waals surface area (Å²) in [6.07, 6.45) is 18.9. The molecule has 7 heteroatoms. The molecule has 0 bridgehead atoms. The van der Waals surface area contributed by atoms with E-state index >= 15 is 0 Å². The van der Waals surface area contributed by atoms with Gasteiger partial charge in [-0.25, -0.2) is 4.79 Å². The second-order valence-corrected chi connectivity index (χ2v) is 10.7. The van der Waals surface area contributed by atoms with Gasteiger partial charge in [0.1, 0.15) is 13.2 Å². The van der Waals surface area contributed by atoms with Crippen molar-refractivity contribution >= 4 is 14.1 Å². The highest BCUT2D eigenvalue weighted by atomic mass is 31.2. The molecule has 0 N–H and O–H groups in total. The molecule has 2 heterocycles. The average molecular weight is 473 g/mol. The Labute approximate surface area is 196 Å². The summed E-state index contributed by atoms with van der Waals surface area (Å²) in [5, 5.41) is 0. The third-order valence-corrected chi connectivity index (χ3v) is 7.66. The first-order valence-electron chi connectivity index (χ1n) is 13.1. The molecule has 32 heavy (non-hydrogen) atoms. The first-order valence-corrected chi connectivity index (χ1v) is 14.5. The maximum Gasteiger partial charge on any atom is 0.428 e. The van der Waals surface area contributed by atoms with Crippen LogP contribution in [0.4, 0.5) is 0 Å². The molecule has 2 atom stereocenters. The largest absolute Gasteiger partial charge is 0.598 e. The summed E-state index contributed by atoms with van der Waals surface area (Å²) in [6, 6.07) is 0. The van der Waals surface area contributed by atoms with Crippen molar-refractivity contribution in [2.24, 2.45) is 5.92 Å². The van der Waals surface area contributed by atoms with E-state index in [0.717, 1.165) is 25.7 Å². The Morgan fingerprint density at radius 1 is 0.844 bits per heavy atom. The predicted molar refractivity (Wildman–Crippen MR) is 127 cm³/mol. The molecule has 0 aromatic carbocycles. The number of ether oxygens (including phenoxy) is 1. The smallest absolute Gasteiger partial charge is 0.428 e. The highest BCUT2D eigenvalue weighted by Gasteiger charge is 2.46. The van der Waals surface area contributed by atoms with E-state index in [0.29, 0.717) is 24.4 Å². The average Bonchev–Trinajstić information content (AvgIpc) is 3.08.